The smallest absolute Gasteiger partial charge is 0.297 e. The Bertz CT molecular complexity index is 756. The van der Waals surface area contributed by atoms with Gasteiger partial charge in [0.25, 0.3) is 5.13 Å². The molecule has 1 aliphatic rings. The average molecular weight is 449 g/mol. The van der Waals surface area contributed by atoms with Gasteiger partial charge in [0, 0.05) is 19.1 Å². The van der Waals surface area contributed by atoms with Crippen LogP contribution in [-0.4, -0.2) is 37.2 Å². The fourth-order valence-corrected chi connectivity index (χ4v) is 4.68. The molecule has 1 saturated heterocycles. The molecule has 1 fully saturated rings. The fourth-order valence-electron chi connectivity index (χ4n) is 3.00. The Morgan fingerprint density at radius 1 is 1.32 bits per heavy atom. The minimum Gasteiger partial charge on any atom is -0.384 e. The zero-order chi connectivity index (χ0) is 19.8. The normalized spacial score (nSPS) is 16.6. The highest BCUT2D eigenvalue weighted by Gasteiger charge is 2.14. The van der Waals surface area contributed by atoms with Crippen molar-refractivity contribution in [2.75, 3.05) is 31.5 Å². The SMILES string of the molecule is Fc1cnc([NH2+]Sc2cc(Cl)c(NCCCCNC[C@H]3CCCN3)cc2F)s1. The summed E-state index contributed by atoms with van der Waals surface area (Å²) in [4.78, 5) is 4.27. The molecule has 154 valence electrons. The van der Waals surface area contributed by atoms with Crippen molar-refractivity contribution in [2.45, 2.75) is 36.6 Å². The Kier molecular flexibility index (Phi) is 8.75. The van der Waals surface area contributed by atoms with E-state index in [-0.39, 0.29) is 10.9 Å². The lowest BCUT2D eigenvalue weighted by Gasteiger charge is -2.12. The summed E-state index contributed by atoms with van der Waals surface area (Å²) in [5, 5.41) is 10.7. The average Bonchev–Trinajstić information content (AvgIpc) is 3.33. The summed E-state index contributed by atoms with van der Waals surface area (Å²) in [6.07, 6.45) is 5.70. The summed E-state index contributed by atoms with van der Waals surface area (Å²) < 4.78 is 28.9. The maximum absolute atomic E-state index is 14.3. The van der Waals surface area contributed by atoms with Crippen molar-refractivity contribution in [1.29, 1.82) is 0 Å². The van der Waals surface area contributed by atoms with Crippen molar-refractivity contribution in [3.63, 3.8) is 0 Å². The number of quaternary nitrogens is 1. The maximum Gasteiger partial charge on any atom is 0.297 e. The van der Waals surface area contributed by atoms with Crippen LogP contribution in [-0.2, 0) is 0 Å². The molecule has 0 radical (unpaired) electrons. The lowest BCUT2D eigenvalue weighted by atomic mass is 10.2. The molecule has 0 spiro atoms. The first-order chi connectivity index (χ1) is 13.6. The molecular weight excluding hydrogens is 424 g/mol. The molecule has 2 aromatic rings. The molecule has 5 N–H and O–H groups in total. The van der Waals surface area contributed by atoms with Crippen LogP contribution in [0.4, 0.5) is 19.6 Å². The van der Waals surface area contributed by atoms with E-state index >= 15 is 0 Å². The standard InChI is InChI=1S/C18H24ClF2N5S2/c19-13-8-16(28-26-18-25-11-17(21)27-18)14(20)9-15(13)24-6-2-1-5-22-10-12-4-3-7-23-12/h8-9,11-12,22-24H,1-7,10H2,(H,25,26)/p+1/t12-/m1/s1. The molecule has 0 unspecified atom stereocenters. The number of halogens is 3. The van der Waals surface area contributed by atoms with Crippen LogP contribution >= 0.6 is 34.9 Å². The quantitative estimate of drug-likeness (QED) is 0.313. The van der Waals surface area contributed by atoms with Crippen molar-refractivity contribution in [3.8, 4) is 0 Å². The van der Waals surface area contributed by atoms with Gasteiger partial charge in [-0.2, -0.15) is 9.37 Å². The molecule has 3 rings (SSSR count). The maximum atomic E-state index is 14.3. The summed E-state index contributed by atoms with van der Waals surface area (Å²) in [6, 6.07) is 3.61. The predicted octanol–water partition coefficient (Wildman–Crippen LogP) is 3.51. The first kappa shape index (κ1) is 21.7. The van der Waals surface area contributed by atoms with E-state index in [0.29, 0.717) is 26.8 Å². The minimum atomic E-state index is -0.365. The zero-order valence-corrected chi connectivity index (χ0v) is 17.8. The lowest BCUT2D eigenvalue weighted by Crippen LogP contribution is -2.68. The van der Waals surface area contributed by atoms with E-state index in [2.05, 4.69) is 20.9 Å². The van der Waals surface area contributed by atoms with Crippen LogP contribution in [0.25, 0.3) is 0 Å². The molecular formula is C18H25ClF2N5S2+. The summed E-state index contributed by atoms with van der Waals surface area (Å²) in [5.74, 6) is -0.365. The topological polar surface area (TPSA) is 65.6 Å². The van der Waals surface area contributed by atoms with Gasteiger partial charge in [0.1, 0.15) is 22.7 Å². The Labute approximate surface area is 177 Å². The van der Waals surface area contributed by atoms with E-state index in [1.165, 1.54) is 18.9 Å². The Morgan fingerprint density at radius 3 is 2.93 bits per heavy atom. The van der Waals surface area contributed by atoms with Gasteiger partial charge in [0.2, 0.25) is 5.13 Å². The Morgan fingerprint density at radius 2 is 2.18 bits per heavy atom. The number of unbranched alkanes of at least 4 members (excludes halogenated alkanes) is 1. The van der Waals surface area contributed by atoms with Crippen LogP contribution in [0.5, 0.6) is 0 Å². The molecule has 28 heavy (non-hydrogen) atoms. The molecule has 0 saturated carbocycles. The van der Waals surface area contributed by atoms with Crippen LogP contribution in [0.3, 0.4) is 0 Å². The number of rotatable bonds is 11. The van der Waals surface area contributed by atoms with Crippen LogP contribution in [0.1, 0.15) is 25.7 Å². The zero-order valence-electron chi connectivity index (χ0n) is 15.4. The number of benzene rings is 1. The molecule has 0 aliphatic carbocycles. The largest absolute Gasteiger partial charge is 0.384 e. The number of nitrogens with one attached hydrogen (secondary N) is 3. The fraction of sp³-hybridized carbons (Fsp3) is 0.500. The second-order valence-corrected chi connectivity index (χ2v) is 8.96. The highest BCUT2D eigenvalue weighted by Crippen LogP contribution is 2.29. The van der Waals surface area contributed by atoms with Gasteiger partial charge in [0.05, 0.1) is 16.9 Å². The highest BCUT2D eigenvalue weighted by molar-refractivity contribution is 7.93. The minimum absolute atomic E-state index is 0.365. The molecule has 1 aromatic heterocycles. The van der Waals surface area contributed by atoms with Crippen LogP contribution in [0.2, 0.25) is 5.02 Å². The third kappa shape index (κ3) is 6.82. The van der Waals surface area contributed by atoms with E-state index in [9.17, 15) is 8.78 Å². The molecule has 2 heterocycles. The van der Waals surface area contributed by atoms with Gasteiger partial charge in [-0.3, -0.25) is 0 Å². The number of anilines is 1. The van der Waals surface area contributed by atoms with E-state index in [1.807, 2.05) is 0 Å². The van der Waals surface area contributed by atoms with Crippen LogP contribution < -0.4 is 20.7 Å². The molecule has 10 heteroatoms. The third-order valence-corrected chi connectivity index (χ3v) is 6.56. The van der Waals surface area contributed by atoms with E-state index < -0.39 is 0 Å². The van der Waals surface area contributed by atoms with Gasteiger partial charge in [-0.25, -0.2) is 9.11 Å². The van der Waals surface area contributed by atoms with Gasteiger partial charge in [-0.15, -0.1) is 0 Å². The summed E-state index contributed by atoms with van der Waals surface area (Å²) in [6.45, 7) is 3.87. The van der Waals surface area contributed by atoms with Crippen molar-refractivity contribution in [3.05, 3.63) is 34.3 Å². The first-order valence-corrected chi connectivity index (χ1v) is 11.5. The van der Waals surface area contributed by atoms with Crippen molar-refractivity contribution < 1.29 is 13.5 Å². The number of nitrogens with two attached hydrogens (primary N) is 1. The van der Waals surface area contributed by atoms with Gasteiger partial charge in [-0.05, 0) is 62.2 Å². The van der Waals surface area contributed by atoms with Crippen LogP contribution in [0, 0.1) is 10.9 Å². The van der Waals surface area contributed by atoms with Crippen LogP contribution in [0.15, 0.2) is 23.2 Å². The predicted molar refractivity (Wildman–Crippen MR) is 113 cm³/mol. The Hall–Kier alpha value is -0.970. The third-order valence-electron chi connectivity index (χ3n) is 4.45. The van der Waals surface area contributed by atoms with E-state index in [4.69, 9.17) is 11.6 Å². The number of thiazole rings is 1. The number of hydrogen-bond acceptors (Lipinski definition) is 6. The van der Waals surface area contributed by atoms with Crippen molar-refractivity contribution >= 4 is 45.7 Å². The van der Waals surface area contributed by atoms with Crippen molar-refractivity contribution in [1.82, 2.24) is 15.6 Å². The second-order valence-electron chi connectivity index (χ2n) is 6.63. The second kappa shape index (κ2) is 11.3. The molecule has 0 bridgehead atoms. The van der Waals surface area contributed by atoms with Gasteiger partial charge >= 0.3 is 0 Å². The van der Waals surface area contributed by atoms with Gasteiger partial charge in [-0.1, -0.05) is 11.6 Å². The molecule has 1 atom stereocenters. The number of nitrogens with zero attached hydrogens (tertiary/aromatic N) is 1. The molecule has 5 nitrogen and oxygen atoms in total. The molecule has 1 aliphatic heterocycles. The summed E-state index contributed by atoms with van der Waals surface area (Å²) in [7, 11) is 0. The highest BCUT2D eigenvalue weighted by atomic mass is 35.5. The molecule has 0 amide bonds. The summed E-state index contributed by atoms with van der Waals surface area (Å²) in [5.41, 5.74) is 0.590. The van der Waals surface area contributed by atoms with E-state index in [0.717, 1.165) is 68.5 Å². The van der Waals surface area contributed by atoms with Gasteiger partial charge < -0.3 is 16.0 Å². The first-order valence-electron chi connectivity index (χ1n) is 9.40. The van der Waals surface area contributed by atoms with Crippen molar-refractivity contribution in [2.24, 2.45) is 0 Å². The monoisotopic (exact) mass is 448 g/mol. The molecule has 1 aromatic carbocycles. The van der Waals surface area contributed by atoms with E-state index in [1.54, 1.807) is 10.8 Å². The van der Waals surface area contributed by atoms with Gasteiger partial charge in [0.15, 0.2) is 0 Å². The Balaban J connectivity index is 1.36. The summed E-state index contributed by atoms with van der Waals surface area (Å²) >= 11 is 8.33. The number of hydrogen-bond donors (Lipinski definition) is 4. The number of aromatic nitrogens is 1. The lowest BCUT2D eigenvalue weighted by molar-refractivity contribution is -0.377.